The molecular weight excluding hydrogens is 286 g/mol. The number of hydrogen-bond donors (Lipinski definition) is 0. The third kappa shape index (κ3) is 4.97. The summed E-state index contributed by atoms with van der Waals surface area (Å²) in [5.41, 5.74) is 1.00. The lowest BCUT2D eigenvalue weighted by Gasteiger charge is -2.32. The van der Waals surface area contributed by atoms with E-state index in [-0.39, 0.29) is 5.91 Å². The number of likely N-dealkylation sites (tertiary alicyclic amines) is 1. The summed E-state index contributed by atoms with van der Waals surface area (Å²) in [7, 11) is 4.01. The van der Waals surface area contributed by atoms with Crippen LogP contribution >= 0.6 is 11.6 Å². The molecule has 0 saturated carbocycles. The van der Waals surface area contributed by atoms with Crippen LogP contribution in [-0.4, -0.2) is 47.4 Å². The van der Waals surface area contributed by atoms with E-state index in [1.165, 1.54) is 19.3 Å². The quantitative estimate of drug-likeness (QED) is 0.785. The smallest absolute Gasteiger partial charge is 0.222 e. The molecular formula is C16H24ClN3O. The molecule has 1 saturated heterocycles. The van der Waals surface area contributed by atoms with E-state index >= 15 is 0 Å². The summed E-state index contributed by atoms with van der Waals surface area (Å²) >= 11 is 5.76. The molecule has 1 aliphatic rings. The summed E-state index contributed by atoms with van der Waals surface area (Å²) < 4.78 is 0. The van der Waals surface area contributed by atoms with E-state index in [9.17, 15) is 4.79 Å². The summed E-state index contributed by atoms with van der Waals surface area (Å²) in [6.07, 6.45) is 7.08. The van der Waals surface area contributed by atoms with Crippen LogP contribution in [0.1, 0.15) is 37.7 Å². The zero-order valence-electron chi connectivity index (χ0n) is 12.9. The number of carbonyl (C=O) groups excluding carboxylic acids is 1. The van der Waals surface area contributed by atoms with Crippen molar-refractivity contribution in [1.82, 2.24) is 14.8 Å². The summed E-state index contributed by atoms with van der Waals surface area (Å²) in [5.74, 6) is 0.198. The van der Waals surface area contributed by atoms with E-state index in [4.69, 9.17) is 11.6 Å². The highest BCUT2D eigenvalue weighted by Crippen LogP contribution is 2.19. The van der Waals surface area contributed by atoms with Crippen molar-refractivity contribution in [2.24, 2.45) is 0 Å². The highest BCUT2D eigenvalue weighted by Gasteiger charge is 2.20. The Hall–Kier alpha value is -1.13. The van der Waals surface area contributed by atoms with Crippen molar-refractivity contribution in [2.75, 3.05) is 20.6 Å². The minimum absolute atomic E-state index is 0.198. The molecule has 0 spiro atoms. The Morgan fingerprint density at radius 2 is 2.29 bits per heavy atom. The lowest BCUT2D eigenvalue weighted by atomic mass is 9.98. The number of nitrogens with zero attached hydrogens (tertiary/aromatic N) is 3. The third-order valence-electron chi connectivity index (χ3n) is 4.25. The zero-order valence-corrected chi connectivity index (χ0v) is 13.6. The predicted molar refractivity (Wildman–Crippen MR) is 85.2 cm³/mol. The molecule has 2 rings (SSSR count). The molecule has 1 aliphatic heterocycles. The van der Waals surface area contributed by atoms with Gasteiger partial charge in [0.25, 0.3) is 0 Å². The molecule has 1 atom stereocenters. The molecule has 1 unspecified atom stereocenters. The second kappa shape index (κ2) is 7.76. The Morgan fingerprint density at radius 1 is 1.48 bits per heavy atom. The van der Waals surface area contributed by atoms with Gasteiger partial charge in [-0.15, -0.1) is 0 Å². The van der Waals surface area contributed by atoms with Crippen LogP contribution in [0, 0.1) is 0 Å². The van der Waals surface area contributed by atoms with Gasteiger partial charge in [-0.3, -0.25) is 4.79 Å². The average Bonchev–Trinajstić information content (AvgIpc) is 2.48. The van der Waals surface area contributed by atoms with Crippen LogP contribution in [0.25, 0.3) is 0 Å². The molecule has 0 aromatic carbocycles. The van der Waals surface area contributed by atoms with Crippen molar-refractivity contribution in [1.29, 1.82) is 0 Å². The molecule has 1 aromatic heterocycles. The number of pyridine rings is 1. The van der Waals surface area contributed by atoms with Gasteiger partial charge in [0.1, 0.15) is 5.15 Å². The second-order valence-corrected chi connectivity index (χ2v) is 6.30. The Morgan fingerprint density at radius 3 is 2.95 bits per heavy atom. The Bertz CT molecular complexity index is 463. The number of halogens is 1. The fraction of sp³-hybridized carbons (Fsp3) is 0.625. The highest BCUT2D eigenvalue weighted by molar-refractivity contribution is 6.29. The largest absolute Gasteiger partial charge is 0.341 e. The van der Waals surface area contributed by atoms with Gasteiger partial charge in [0.05, 0.1) is 0 Å². The van der Waals surface area contributed by atoms with E-state index in [1.54, 1.807) is 17.2 Å². The van der Waals surface area contributed by atoms with Crippen LogP contribution in [0.2, 0.25) is 5.15 Å². The number of piperidine rings is 1. The number of aromatic nitrogens is 1. The van der Waals surface area contributed by atoms with Crippen LogP contribution in [0.4, 0.5) is 0 Å². The van der Waals surface area contributed by atoms with Gasteiger partial charge in [0, 0.05) is 32.3 Å². The van der Waals surface area contributed by atoms with E-state index in [0.717, 1.165) is 18.5 Å². The molecule has 0 N–H and O–H groups in total. The van der Waals surface area contributed by atoms with Crippen molar-refractivity contribution >= 4 is 17.5 Å². The summed E-state index contributed by atoms with van der Waals surface area (Å²) in [5, 5.41) is 0.480. The van der Waals surface area contributed by atoms with Gasteiger partial charge in [0.15, 0.2) is 0 Å². The molecule has 116 valence electrons. The van der Waals surface area contributed by atoms with Gasteiger partial charge in [0.2, 0.25) is 5.91 Å². The van der Waals surface area contributed by atoms with Crippen molar-refractivity contribution < 1.29 is 4.79 Å². The monoisotopic (exact) mass is 309 g/mol. The number of rotatable bonds is 5. The Labute approximate surface area is 132 Å². The lowest BCUT2D eigenvalue weighted by molar-refractivity contribution is -0.130. The Kier molecular flexibility index (Phi) is 6.00. The first-order chi connectivity index (χ1) is 10.1. The minimum Gasteiger partial charge on any atom is -0.341 e. The molecule has 2 heterocycles. The predicted octanol–water partition coefficient (Wildman–Crippen LogP) is 2.96. The third-order valence-corrected chi connectivity index (χ3v) is 4.47. The van der Waals surface area contributed by atoms with Gasteiger partial charge < -0.3 is 9.80 Å². The molecule has 1 fully saturated rings. The van der Waals surface area contributed by atoms with Gasteiger partial charge in [-0.2, -0.15) is 0 Å². The molecule has 0 aliphatic carbocycles. The number of hydrogen-bond acceptors (Lipinski definition) is 3. The minimum atomic E-state index is 0.198. The second-order valence-electron chi connectivity index (χ2n) is 5.91. The molecule has 21 heavy (non-hydrogen) atoms. The average molecular weight is 310 g/mol. The van der Waals surface area contributed by atoms with E-state index in [1.807, 2.05) is 13.1 Å². The molecule has 0 bridgehead atoms. The van der Waals surface area contributed by atoms with Crippen molar-refractivity contribution in [3.05, 3.63) is 29.0 Å². The standard InChI is InChI=1S/C16H24ClN3O/c1-19-10-4-3-5-14(19)7-9-16(21)20(2)12-13-6-8-15(17)18-11-13/h6,8,11,14H,3-5,7,9-10,12H2,1-2H3. The van der Waals surface area contributed by atoms with E-state index in [0.29, 0.717) is 24.2 Å². The van der Waals surface area contributed by atoms with Crippen LogP contribution in [0.5, 0.6) is 0 Å². The fourth-order valence-electron chi connectivity index (χ4n) is 2.85. The van der Waals surface area contributed by atoms with E-state index < -0.39 is 0 Å². The van der Waals surface area contributed by atoms with Crippen molar-refractivity contribution in [2.45, 2.75) is 44.7 Å². The Balaban J connectivity index is 1.78. The van der Waals surface area contributed by atoms with Gasteiger partial charge in [-0.1, -0.05) is 24.1 Å². The topological polar surface area (TPSA) is 36.4 Å². The first-order valence-corrected chi connectivity index (χ1v) is 7.98. The maximum Gasteiger partial charge on any atom is 0.222 e. The van der Waals surface area contributed by atoms with Crippen LogP contribution in [0.15, 0.2) is 18.3 Å². The van der Waals surface area contributed by atoms with Crippen LogP contribution in [-0.2, 0) is 11.3 Å². The lowest BCUT2D eigenvalue weighted by Crippen LogP contribution is -2.37. The van der Waals surface area contributed by atoms with Crippen molar-refractivity contribution in [3.8, 4) is 0 Å². The first kappa shape index (κ1) is 16.2. The maximum absolute atomic E-state index is 12.2. The zero-order chi connectivity index (χ0) is 15.2. The molecule has 0 radical (unpaired) electrons. The molecule has 4 nitrogen and oxygen atoms in total. The van der Waals surface area contributed by atoms with E-state index in [2.05, 4.69) is 16.9 Å². The maximum atomic E-state index is 12.2. The summed E-state index contributed by atoms with van der Waals surface area (Å²) in [4.78, 5) is 20.4. The van der Waals surface area contributed by atoms with Crippen molar-refractivity contribution in [3.63, 3.8) is 0 Å². The van der Waals surface area contributed by atoms with Crippen LogP contribution < -0.4 is 0 Å². The number of amides is 1. The molecule has 1 amide bonds. The van der Waals surface area contributed by atoms with Gasteiger partial charge in [-0.05, 0) is 44.5 Å². The van der Waals surface area contributed by atoms with Gasteiger partial charge in [-0.25, -0.2) is 4.98 Å². The summed E-state index contributed by atoms with van der Waals surface area (Å²) in [6.45, 7) is 1.74. The first-order valence-electron chi connectivity index (χ1n) is 7.61. The molecule has 1 aromatic rings. The normalized spacial score (nSPS) is 19.5. The SMILES string of the molecule is CN(Cc1ccc(Cl)nc1)C(=O)CCC1CCCCN1C. The fourth-order valence-corrected chi connectivity index (χ4v) is 2.96. The van der Waals surface area contributed by atoms with Crippen LogP contribution in [0.3, 0.4) is 0 Å². The highest BCUT2D eigenvalue weighted by atomic mass is 35.5. The molecule has 5 heteroatoms. The van der Waals surface area contributed by atoms with Gasteiger partial charge >= 0.3 is 0 Å². The number of carbonyl (C=O) groups is 1. The summed E-state index contributed by atoms with van der Waals surface area (Å²) in [6, 6.07) is 4.23.